The molecule has 0 saturated heterocycles. The van der Waals surface area contributed by atoms with Crippen molar-refractivity contribution in [2.75, 3.05) is 26.7 Å². The number of aryl methyl sites for hydroxylation is 1. The number of aromatic nitrogens is 2. The normalized spacial score (nSPS) is 12.1. The van der Waals surface area contributed by atoms with Gasteiger partial charge in [-0.05, 0) is 42.9 Å². The summed E-state index contributed by atoms with van der Waals surface area (Å²) in [5, 5.41) is 6.92. The van der Waals surface area contributed by atoms with Gasteiger partial charge in [-0.15, -0.1) is 0 Å². The molecule has 160 valence electrons. The van der Waals surface area contributed by atoms with Crippen molar-refractivity contribution in [1.82, 2.24) is 20.4 Å². The standard InChI is InChI=1S/C22H28N4O4/c1-4-26(5-2)18(16-8-6-9-17(14-16)28-3)15-23-20(27)11-12-21-24-22(25-30-21)19-10-7-13-29-19/h6-10,13-14,18H,4-5,11-12,15H2,1-3H3,(H,23,27). The highest BCUT2D eigenvalue weighted by atomic mass is 16.5. The van der Waals surface area contributed by atoms with E-state index in [9.17, 15) is 4.79 Å². The second-order valence-electron chi connectivity index (χ2n) is 6.81. The molecule has 0 fully saturated rings. The zero-order valence-electron chi connectivity index (χ0n) is 17.6. The number of furan rings is 1. The molecular weight excluding hydrogens is 384 g/mol. The summed E-state index contributed by atoms with van der Waals surface area (Å²) in [5.41, 5.74) is 1.11. The van der Waals surface area contributed by atoms with Crippen molar-refractivity contribution in [3.05, 3.63) is 54.1 Å². The quantitative estimate of drug-likeness (QED) is 0.515. The monoisotopic (exact) mass is 412 g/mol. The van der Waals surface area contributed by atoms with Gasteiger partial charge in [0.1, 0.15) is 5.75 Å². The van der Waals surface area contributed by atoms with Gasteiger partial charge in [0.15, 0.2) is 5.76 Å². The van der Waals surface area contributed by atoms with Crippen LogP contribution < -0.4 is 10.1 Å². The number of carbonyl (C=O) groups is 1. The topological polar surface area (TPSA) is 93.6 Å². The lowest BCUT2D eigenvalue weighted by molar-refractivity contribution is -0.121. The SMILES string of the molecule is CCN(CC)C(CNC(=O)CCc1nc(-c2ccco2)no1)c1cccc(OC)c1. The minimum Gasteiger partial charge on any atom is -0.497 e. The van der Waals surface area contributed by atoms with E-state index in [0.717, 1.165) is 24.4 Å². The maximum Gasteiger partial charge on any atom is 0.238 e. The van der Waals surface area contributed by atoms with Crippen LogP contribution >= 0.6 is 0 Å². The number of hydrogen-bond acceptors (Lipinski definition) is 7. The van der Waals surface area contributed by atoms with Crippen molar-refractivity contribution in [3.8, 4) is 17.3 Å². The van der Waals surface area contributed by atoms with Crippen LogP contribution in [-0.4, -0.2) is 47.7 Å². The summed E-state index contributed by atoms with van der Waals surface area (Å²) in [4.78, 5) is 19.0. The number of hydrogen-bond donors (Lipinski definition) is 1. The Balaban J connectivity index is 1.57. The van der Waals surface area contributed by atoms with E-state index in [1.807, 2.05) is 18.2 Å². The number of nitrogens with one attached hydrogen (secondary N) is 1. The molecule has 2 aromatic heterocycles. The third-order valence-electron chi connectivity index (χ3n) is 5.00. The molecule has 0 saturated carbocycles. The van der Waals surface area contributed by atoms with Crippen LogP contribution in [0.2, 0.25) is 0 Å². The van der Waals surface area contributed by atoms with Crippen LogP contribution in [-0.2, 0) is 11.2 Å². The lowest BCUT2D eigenvalue weighted by Crippen LogP contribution is -2.38. The first-order chi connectivity index (χ1) is 14.6. The summed E-state index contributed by atoms with van der Waals surface area (Å²) < 4.78 is 15.8. The molecule has 0 aliphatic heterocycles. The minimum absolute atomic E-state index is 0.0622. The second-order valence-corrected chi connectivity index (χ2v) is 6.81. The summed E-state index contributed by atoms with van der Waals surface area (Å²) in [6.45, 7) is 6.50. The van der Waals surface area contributed by atoms with Gasteiger partial charge in [-0.2, -0.15) is 4.98 Å². The fourth-order valence-corrected chi connectivity index (χ4v) is 3.35. The van der Waals surface area contributed by atoms with Crippen molar-refractivity contribution < 1.29 is 18.5 Å². The largest absolute Gasteiger partial charge is 0.497 e. The highest BCUT2D eigenvalue weighted by Crippen LogP contribution is 2.24. The van der Waals surface area contributed by atoms with Gasteiger partial charge in [0.2, 0.25) is 17.6 Å². The smallest absolute Gasteiger partial charge is 0.238 e. The molecule has 1 N–H and O–H groups in total. The van der Waals surface area contributed by atoms with Crippen molar-refractivity contribution in [1.29, 1.82) is 0 Å². The maximum absolute atomic E-state index is 12.4. The van der Waals surface area contributed by atoms with Crippen molar-refractivity contribution >= 4 is 5.91 Å². The Bertz CT molecular complexity index is 919. The second kappa shape index (κ2) is 10.6. The molecule has 2 heterocycles. The molecule has 3 aromatic rings. The number of nitrogens with zero attached hydrogens (tertiary/aromatic N) is 3. The summed E-state index contributed by atoms with van der Waals surface area (Å²) in [5.74, 6) is 2.07. The van der Waals surface area contributed by atoms with Crippen LogP contribution in [0.5, 0.6) is 5.75 Å². The van der Waals surface area contributed by atoms with E-state index in [1.165, 1.54) is 0 Å². The Morgan fingerprint density at radius 2 is 2.07 bits per heavy atom. The molecule has 0 bridgehead atoms. The molecule has 0 aliphatic rings. The number of ether oxygens (including phenoxy) is 1. The van der Waals surface area contributed by atoms with Crippen LogP contribution in [0.15, 0.2) is 51.6 Å². The van der Waals surface area contributed by atoms with Gasteiger partial charge in [0.25, 0.3) is 0 Å². The van der Waals surface area contributed by atoms with Crippen LogP contribution in [0, 0.1) is 0 Å². The van der Waals surface area contributed by atoms with Crippen LogP contribution in [0.4, 0.5) is 0 Å². The molecule has 1 unspecified atom stereocenters. The third kappa shape index (κ3) is 5.48. The maximum atomic E-state index is 12.4. The molecule has 1 atom stereocenters. The molecule has 0 radical (unpaired) electrons. The molecule has 30 heavy (non-hydrogen) atoms. The van der Waals surface area contributed by atoms with E-state index < -0.39 is 0 Å². The molecule has 8 heteroatoms. The minimum atomic E-state index is -0.0622. The van der Waals surface area contributed by atoms with Gasteiger partial charge >= 0.3 is 0 Å². The molecule has 8 nitrogen and oxygen atoms in total. The van der Waals surface area contributed by atoms with Gasteiger partial charge < -0.3 is 19.0 Å². The van der Waals surface area contributed by atoms with E-state index in [0.29, 0.717) is 30.4 Å². The Labute approximate surface area is 176 Å². The molecular formula is C22H28N4O4. The number of methoxy groups -OCH3 is 1. The van der Waals surface area contributed by atoms with Crippen LogP contribution in [0.3, 0.4) is 0 Å². The zero-order valence-corrected chi connectivity index (χ0v) is 17.6. The first-order valence-corrected chi connectivity index (χ1v) is 10.2. The van der Waals surface area contributed by atoms with Crippen molar-refractivity contribution in [2.24, 2.45) is 0 Å². The Morgan fingerprint density at radius 3 is 2.77 bits per heavy atom. The lowest BCUT2D eigenvalue weighted by atomic mass is 10.0. The van der Waals surface area contributed by atoms with Gasteiger partial charge in [0, 0.05) is 19.4 Å². The van der Waals surface area contributed by atoms with Crippen molar-refractivity contribution in [2.45, 2.75) is 32.7 Å². The highest BCUT2D eigenvalue weighted by Gasteiger charge is 2.20. The van der Waals surface area contributed by atoms with Crippen LogP contribution in [0.25, 0.3) is 11.6 Å². The molecule has 1 amide bonds. The average Bonchev–Trinajstić information content (AvgIpc) is 3.47. The molecule has 3 rings (SSSR count). The highest BCUT2D eigenvalue weighted by molar-refractivity contribution is 5.76. The third-order valence-corrected chi connectivity index (χ3v) is 5.00. The van der Waals surface area contributed by atoms with Gasteiger partial charge in [-0.1, -0.05) is 31.1 Å². The Kier molecular flexibility index (Phi) is 7.62. The summed E-state index contributed by atoms with van der Waals surface area (Å²) >= 11 is 0. The predicted octanol–water partition coefficient (Wildman–Crippen LogP) is 3.47. The zero-order chi connectivity index (χ0) is 21.3. The van der Waals surface area contributed by atoms with Crippen molar-refractivity contribution in [3.63, 3.8) is 0 Å². The number of carbonyl (C=O) groups excluding carboxylic acids is 1. The van der Waals surface area contributed by atoms with E-state index >= 15 is 0 Å². The first-order valence-electron chi connectivity index (χ1n) is 10.2. The van der Waals surface area contributed by atoms with E-state index in [1.54, 1.807) is 25.5 Å². The Morgan fingerprint density at radius 1 is 1.23 bits per heavy atom. The van der Waals surface area contributed by atoms with E-state index in [2.05, 4.69) is 40.3 Å². The number of rotatable bonds is 11. The first kappa shape index (κ1) is 21.6. The summed E-state index contributed by atoms with van der Waals surface area (Å²) in [6, 6.07) is 11.5. The fourth-order valence-electron chi connectivity index (χ4n) is 3.35. The Hall–Kier alpha value is -3.13. The molecule has 0 spiro atoms. The fraction of sp³-hybridized carbons (Fsp3) is 0.409. The summed E-state index contributed by atoms with van der Waals surface area (Å²) in [6.07, 6.45) is 2.19. The van der Waals surface area contributed by atoms with Gasteiger partial charge in [-0.25, -0.2) is 0 Å². The number of amides is 1. The lowest BCUT2D eigenvalue weighted by Gasteiger charge is -2.30. The van der Waals surface area contributed by atoms with Gasteiger partial charge in [-0.3, -0.25) is 9.69 Å². The summed E-state index contributed by atoms with van der Waals surface area (Å²) in [7, 11) is 1.65. The number of benzene rings is 1. The van der Waals surface area contributed by atoms with E-state index in [4.69, 9.17) is 13.7 Å². The predicted molar refractivity (Wildman–Crippen MR) is 112 cm³/mol. The molecule has 1 aromatic carbocycles. The number of likely N-dealkylation sites (N-methyl/N-ethyl adjacent to an activating group) is 1. The average molecular weight is 412 g/mol. The van der Waals surface area contributed by atoms with Gasteiger partial charge in [0.05, 0.1) is 19.4 Å². The van der Waals surface area contributed by atoms with E-state index in [-0.39, 0.29) is 18.4 Å². The van der Waals surface area contributed by atoms with Crippen LogP contribution in [0.1, 0.15) is 37.8 Å². The molecule has 0 aliphatic carbocycles.